The first-order valence-corrected chi connectivity index (χ1v) is 5.42. The van der Waals surface area contributed by atoms with Crippen LogP contribution in [0.5, 0.6) is 0 Å². The summed E-state index contributed by atoms with van der Waals surface area (Å²) in [5.41, 5.74) is 1.19. The Morgan fingerprint density at radius 2 is 2.06 bits per heavy atom. The van der Waals surface area contributed by atoms with Gasteiger partial charge in [0.2, 0.25) is 0 Å². The van der Waals surface area contributed by atoms with Crippen LogP contribution in [0.2, 0.25) is 5.02 Å². The lowest BCUT2D eigenvalue weighted by Crippen LogP contribution is -2.33. The Balaban J connectivity index is 2.89. The predicted molar refractivity (Wildman–Crippen MR) is 65.2 cm³/mol. The van der Waals surface area contributed by atoms with E-state index in [9.17, 15) is 9.59 Å². The Bertz CT molecular complexity index is 445. The Morgan fingerprint density at radius 3 is 2.65 bits per heavy atom. The van der Waals surface area contributed by atoms with Crippen LogP contribution in [-0.4, -0.2) is 37.5 Å². The number of hydrogen-bond acceptors (Lipinski definition) is 3. The normalized spacial score (nSPS) is 9.88. The predicted octanol–water partition coefficient (Wildman–Crippen LogP) is 1.89. The summed E-state index contributed by atoms with van der Waals surface area (Å²) in [6, 6.07) is 5.10. The van der Waals surface area contributed by atoms with Crippen LogP contribution in [0, 0.1) is 6.92 Å². The van der Waals surface area contributed by atoms with Gasteiger partial charge in [-0.15, -0.1) is 0 Å². The molecule has 1 aromatic rings. The van der Waals surface area contributed by atoms with Gasteiger partial charge in [-0.3, -0.25) is 9.59 Å². The van der Waals surface area contributed by atoms with Gasteiger partial charge in [0.15, 0.2) is 0 Å². The summed E-state index contributed by atoms with van der Waals surface area (Å²) in [5, 5.41) is 0.530. The number of benzene rings is 1. The third-order valence-electron chi connectivity index (χ3n) is 2.44. The maximum Gasteiger partial charge on any atom is 0.325 e. The van der Waals surface area contributed by atoms with Gasteiger partial charge in [0.25, 0.3) is 5.91 Å². The molecule has 0 aliphatic rings. The lowest BCUT2D eigenvalue weighted by atomic mass is 10.1. The zero-order chi connectivity index (χ0) is 13.0. The summed E-state index contributed by atoms with van der Waals surface area (Å²) in [6.07, 6.45) is 0. The Kier molecular flexibility index (Phi) is 4.52. The minimum absolute atomic E-state index is 0.0821. The number of methoxy groups -OCH3 is 1. The molecule has 5 heteroatoms. The van der Waals surface area contributed by atoms with Crippen molar-refractivity contribution in [2.24, 2.45) is 0 Å². The Morgan fingerprint density at radius 1 is 1.41 bits per heavy atom. The molecule has 1 rings (SSSR count). The number of halogens is 1. The number of hydrogen-bond donors (Lipinski definition) is 0. The van der Waals surface area contributed by atoms with Crippen LogP contribution in [-0.2, 0) is 9.53 Å². The van der Waals surface area contributed by atoms with Crippen molar-refractivity contribution < 1.29 is 14.3 Å². The molecule has 0 aromatic heterocycles. The maximum absolute atomic E-state index is 12.0. The van der Waals surface area contributed by atoms with Gasteiger partial charge in [0.05, 0.1) is 7.11 Å². The average molecular weight is 256 g/mol. The van der Waals surface area contributed by atoms with Gasteiger partial charge in [-0.2, -0.15) is 0 Å². The second-order valence-corrected chi connectivity index (χ2v) is 4.06. The minimum atomic E-state index is -0.458. The van der Waals surface area contributed by atoms with Crippen LogP contribution in [0.1, 0.15) is 15.9 Å². The molecule has 0 heterocycles. The van der Waals surface area contributed by atoms with Gasteiger partial charge in [-0.25, -0.2) is 0 Å². The average Bonchev–Trinajstić information content (AvgIpc) is 2.31. The first-order chi connectivity index (χ1) is 7.97. The van der Waals surface area contributed by atoms with Crippen LogP contribution >= 0.6 is 11.6 Å². The highest BCUT2D eigenvalue weighted by molar-refractivity contribution is 6.31. The lowest BCUT2D eigenvalue weighted by Gasteiger charge is -2.17. The zero-order valence-corrected chi connectivity index (χ0v) is 10.7. The molecule has 0 fully saturated rings. The molecule has 0 N–H and O–H groups in total. The summed E-state index contributed by atoms with van der Waals surface area (Å²) in [5.74, 6) is -0.712. The molecular weight excluding hydrogens is 242 g/mol. The van der Waals surface area contributed by atoms with E-state index in [-0.39, 0.29) is 12.5 Å². The SMILES string of the molecule is COC(=O)CN(C)C(=O)c1cccc(Cl)c1C. The lowest BCUT2D eigenvalue weighted by molar-refractivity contribution is -0.141. The van der Waals surface area contributed by atoms with E-state index >= 15 is 0 Å². The van der Waals surface area contributed by atoms with E-state index in [4.69, 9.17) is 11.6 Å². The molecule has 0 radical (unpaired) electrons. The number of amides is 1. The fourth-order valence-electron chi connectivity index (χ4n) is 1.37. The van der Waals surface area contributed by atoms with E-state index in [0.717, 1.165) is 0 Å². The number of carbonyl (C=O) groups excluding carboxylic acids is 2. The quantitative estimate of drug-likeness (QED) is 0.775. The zero-order valence-electron chi connectivity index (χ0n) is 9.99. The van der Waals surface area contributed by atoms with E-state index in [2.05, 4.69) is 4.74 Å². The summed E-state index contributed by atoms with van der Waals surface area (Å²) in [4.78, 5) is 24.4. The standard InChI is InChI=1S/C12H14ClNO3/c1-8-9(5-4-6-10(8)13)12(16)14(2)7-11(15)17-3/h4-6H,7H2,1-3H3. The highest BCUT2D eigenvalue weighted by atomic mass is 35.5. The van der Waals surface area contributed by atoms with Crippen molar-refractivity contribution in [1.29, 1.82) is 0 Å². The third-order valence-corrected chi connectivity index (χ3v) is 2.85. The number of likely N-dealkylation sites (N-methyl/N-ethyl adjacent to an activating group) is 1. The summed E-state index contributed by atoms with van der Waals surface area (Å²) in [6.45, 7) is 1.68. The maximum atomic E-state index is 12.0. The molecule has 0 atom stereocenters. The van der Waals surface area contributed by atoms with E-state index < -0.39 is 5.97 Å². The molecule has 0 aliphatic heterocycles. The fourth-order valence-corrected chi connectivity index (χ4v) is 1.55. The van der Waals surface area contributed by atoms with Gasteiger partial charge in [0, 0.05) is 17.6 Å². The number of carbonyl (C=O) groups is 2. The van der Waals surface area contributed by atoms with Crippen molar-refractivity contribution in [1.82, 2.24) is 4.90 Å². The van der Waals surface area contributed by atoms with Gasteiger partial charge >= 0.3 is 5.97 Å². The Labute approximate surface area is 105 Å². The molecule has 0 bridgehead atoms. The molecule has 17 heavy (non-hydrogen) atoms. The number of esters is 1. The molecule has 0 saturated carbocycles. The molecular formula is C12H14ClNO3. The van der Waals surface area contributed by atoms with Gasteiger partial charge in [0.1, 0.15) is 6.54 Å². The molecule has 4 nitrogen and oxygen atoms in total. The minimum Gasteiger partial charge on any atom is -0.468 e. The highest BCUT2D eigenvalue weighted by Crippen LogP contribution is 2.19. The smallest absolute Gasteiger partial charge is 0.325 e. The summed E-state index contributed by atoms with van der Waals surface area (Å²) < 4.78 is 4.50. The van der Waals surface area contributed by atoms with Crippen LogP contribution in [0.4, 0.5) is 0 Å². The van der Waals surface area contributed by atoms with Crippen molar-refractivity contribution in [2.75, 3.05) is 20.7 Å². The summed E-state index contributed by atoms with van der Waals surface area (Å²) >= 11 is 5.93. The highest BCUT2D eigenvalue weighted by Gasteiger charge is 2.17. The van der Waals surface area contributed by atoms with Crippen LogP contribution < -0.4 is 0 Å². The number of ether oxygens (including phenoxy) is 1. The van der Waals surface area contributed by atoms with Gasteiger partial charge < -0.3 is 9.64 Å². The van der Waals surface area contributed by atoms with Crippen LogP contribution in [0.15, 0.2) is 18.2 Å². The van der Waals surface area contributed by atoms with Gasteiger partial charge in [-0.1, -0.05) is 17.7 Å². The molecule has 0 saturated heterocycles. The first-order valence-electron chi connectivity index (χ1n) is 5.04. The van der Waals surface area contributed by atoms with Crippen LogP contribution in [0.25, 0.3) is 0 Å². The largest absolute Gasteiger partial charge is 0.468 e. The monoisotopic (exact) mass is 255 g/mol. The fraction of sp³-hybridized carbons (Fsp3) is 0.333. The molecule has 1 amide bonds. The van der Waals surface area contributed by atoms with E-state index in [1.54, 1.807) is 32.2 Å². The van der Waals surface area contributed by atoms with Gasteiger partial charge in [-0.05, 0) is 24.6 Å². The van der Waals surface area contributed by atoms with Crippen molar-refractivity contribution in [3.8, 4) is 0 Å². The number of nitrogens with zero attached hydrogens (tertiary/aromatic N) is 1. The van der Waals surface area contributed by atoms with E-state index in [1.807, 2.05) is 0 Å². The van der Waals surface area contributed by atoms with Crippen molar-refractivity contribution in [3.05, 3.63) is 34.3 Å². The molecule has 92 valence electrons. The van der Waals surface area contributed by atoms with Crippen LogP contribution in [0.3, 0.4) is 0 Å². The second kappa shape index (κ2) is 5.68. The van der Waals surface area contributed by atoms with E-state index in [0.29, 0.717) is 16.1 Å². The molecule has 0 unspecified atom stereocenters. The first kappa shape index (κ1) is 13.5. The van der Waals surface area contributed by atoms with E-state index in [1.165, 1.54) is 12.0 Å². The summed E-state index contributed by atoms with van der Waals surface area (Å²) in [7, 11) is 2.82. The topological polar surface area (TPSA) is 46.6 Å². The molecule has 1 aromatic carbocycles. The van der Waals surface area contributed by atoms with Crippen molar-refractivity contribution in [3.63, 3.8) is 0 Å². The Hall–Kier alpha value is -1.55. The van der Waals surface area contributed by atoms with Crippen molar-refractivity contribution in [2.45, 2.75) is 6.92 Å². The van der Waals surface area contributed by atoms with Crippen molar-refractivity contribution >= 4 is 23.5 Å². The third kappa shape index (κ3) is 3.20. The molecule has 0 aliphatic carbocycles. The molecule has 0 spiro atoms. The second-order valence-electron chi connectivity index (χ2n) is 3.65. The number of rotatable bonds is 3.